The molecule has 0 spiro atoms. The van der Waals surface area contributed by atoms with E-state index in [4.69, 9.17) is 0 Å². The zero-order chi connectivity index (χ0) is 21.4. The van der Waals surface area contributed by atoms with E-state index in [1.165, 1.54) is 16.8 Å². The fraction of sp³-hybridized carbons (Fsp3) is 0.200. The molecule has 0 amide bonds. The van der Waals surface area contributed by atoms with E-state index in [2.05, 4.69) is 79.4 Å². The average Bonchev–Trinajstić information content (AvgIpc) is 3.46. The van der Waals surface area contributed by atoms with Crippen LogP contribution in [0.5, 0.6) is 0 Å². The molecule has 0 aliphatic carbocycles. The molecule has 6 heteroatoms. The lowest BCUT2D eigenvalue weighted by atomic mass is 10.0. The molecule has 5 aromatic rings. The van der Waals surface area contributed by atoms with Crippen molar-refractivity contribution in [3.63, 3.8) is 0 Å². The van der Waals surface area contributed by atoms with Crippen LogP contribution in [0.1, 0.15) is 25.0 Å². The van der Waals surface area contributed by atoms with Gasteiger partial charge in [0.15, 0.2) is 0 Å². The molecule has 0 saturated carbocycles. The molecule has 6 nitrogen and oxygen atoms in total. The van der Waals surface area contributed by atoms with Crippen LogP contribution in [-0.2, 0) is 6.42 Å². The van der Waals surface area contributed by atoms with Crippen LogP contribution in [0.15, 0.2) is 61.2 Å². The van der Waals surface area contributed by atoms with E-state index in [9.17, 15) is 0 Å². The highest BCUT2D eigenvalue weighted by molar-refractivity contribution is 5.95. The summed E-state index contributed by atoms with van der Waals surface area (Å²) in [6.07, 6.45) is 6.31. The monoisotopic (exact) mass is 408 g/mol. The lowest BCUT2D eigenvalue weighted by molar-refractivity contribution is 0.974. The molecule has 31 heavy (non-hydrogen) atoms. The van der Waals surface area contributed by atoms with Crippen molar-refractivity contribution in [3.8, 4) is 11.1 Å². The molecule has 1 aliphatic rings. The van der Waals surface area contributed by atoms with Crippen LogP contribution in [-0.4, -0.2) is 31.7 Å². The predicted molar refractivity (Wildman–Crippen MR) is 126 cm³/mol. The molecule has 0 unspecified atom stereocenters. The number of aryl methyl sites for hydroxylation is 1. The molecule has 1 aliphatic heterocycles. The highest BCUT2D eigenvalue weighted by Gasteiger charge is 2.23. The van der Waals surface area contributed by atoms with Gasteiger partial charge in [0.05, 0.1) is 17.2 Å². The Hall–Kier alpha value is -3.80. The minimum Gasteiger partial charge on any atom is -0.325 e. The van der Waals surface area contributed by atoms with Crippen molar-refractivity contribution >= 4 is 33.4 Å². The van der Waals surface area contributed by atoms with Gasteiger partial charge in [-0.05, 0) is 54.3 Å². The maximum absolute atomic E-state index is 4.68. The normalized spacial score (nSPS) is 12.7. The number of nitrogens with one attached hydrogen (secondary N) is 1. The lowest BCUT2D eigenvalue weighted by Gasteiger charge is -2.20. The van der Waals surface area contributed by atoms with Crippen LogP contribution >= 0.6 is 0 Å². The van der Waals surface area contributed by atoms with Crippen LogP contribution in [0.2, 0.25) is 0 Å². The Morgan fingerprint density at radius 2 is 1.77 bits per heavy atom. The number of H-pyrrole nitrogens is 1. The maximum Gasteiger partial charge on any atom is 0.144 e. The number of pyridine rings is 1. The van der Waals surface area contributed by atoms with E-state index >= 15 is 0 Å². The average molecular weight is 409 g/mol. The number of fused-ring (bicyclic) bond motifs is 3. The van der Waals surface area contributed by atoms with Gasteiger partial charge in [-0.1, -0.05) is 32.0 Å². The van der Waals surface area contributed by atoms with Crippen molar-refractivity contribution in [1.29, 1.82) is 0 Å². The molecule has 4 heterocycles. The molecule has 3 aromatic heterocycles. The third kappa shape index (κ3) is 3.30. The van der Waals surface area contributed by atoms with Crippen LogP contribution < -0.4 is 4.90 Å². The lowest BCUT2D eigenvalue weighted by Crippen LogP contribution is -2.15. The second kappa shape index (κ2) is 7.80. The van der Waals surface area contributed by atoms with E-state index in [0.717, 1.165) is 51.8 Å². The predicted octanol–water partition coefficient (Wildman–Crippen LogP) is 5.60. The summed E-state index contributed by atoms with van der Waals surface area (Å²) < 4.78 is 0. The Morgan fingerprint density at radius 3 is 2.68 bits per heavy atom. The molecule has 0 atom stereocenters. The van der Waals surface area contributed by atoms with Crippen molar-refractivity contribution < 1.29 is 0 Å². The first-order chi connectivity index (χ1) is 15.3. The second-order valence-corrected chi connectivity index (χ2v) is 7.49. The van der Waals surface area contributed by atoms with Gasteiger partial charge in [0, 0.05) is 29.4 Å². The minimum atomic E-state index is 0.864. The van der Waals surface area contributed by atoms with Crippen molar-refractivity contribution in [2.75, 3.05) is 11.4 Å². The van der Waals surface area contributed by atoms with Crippen LogP contribution in [0, 0.1) is 6.92 Å². The molecule has 154 valence electrons. The third-order valence-electron chi connectivity index (χ3n) is 5.63. The van der Waals surface area contributed by atoms with Crippen molar-refractivity contribution in [3.05, 3.63) is 72.3 Å². The summed E-state index contributed by atoms with van der Waals surface area (Å²) in [6, 6.07) is 15.0. The molecule has 2 aromatic carbocycles. The quantitative estimate of drug-likeness (QED) is 0.412. The summed E-state index contributed by atoms with van der Waals surface area (Å²) in [5.74, 6) is 0.955. The maximum atomic E-state index is 4.68. The summed E-state index contributed by atoms with van der Waals surface area (Å²) in [5.41, 5.74) is 8.73. The smallest absolute Gasteiger partial charge is 0.144 e. The Labute approximate surface area is 181 Å². The van der Waals surface area contributed by atoms with E-state index in [1.54, 1.807) is 12.5 Å². The first-order valence-corrected chi connectivity index (χ1v) is 10.7. The first kappa shape index (κ1) is 19.2. The van der Waals surface area contributed by atoms with Crippen molar-refractivity contribution in [1.82, 2.24) is 25.1 Å². The molecule has 1 N–H and O–H groups in total. The summed E-state index contributed by atoms with van der Waals surface area (Å²) in [4.78, 5) is 16.0. The Kier molecular flexibility index (Phi) is 4.82. The topological polar surface area (TPSA) is 70.6 Å². The molecular weight excluding hydrogens is 384 g/mol. The molecule has 6 rings (SSSR count). The fourth-order valence-electron chi connectivity index (χ4n) is 4.14. The first-order valence-electron chi connectivity index (χ1n) is 10.7. The number of aromatic nitrogens is 5. The van der Waals surface area contributed by atoms with Crippen LogP contribution in [0.25, 0.3) is 33.1 Å². The third-order valence-corrected chi connectivity index (χ3v) is 5.63. The number of aromatic amines is 1. The van der Waals surface area contributed by atoms with E-state index in [-0.39, 0.29) is 0 Å². The van der Waals surface area contributed by atoms with Gasteiger partial charge in [0.25, 0.3) is 0 Å². The Bertz CT molecular complexity index is 1390. The molecule has 0 fully saturated rings. The number of rotatable bonds is 2. The van der Waals surface area contributed by atoms with Crippen molar-refractivity contribution in [2.24, 2.45) is 0 Å². The zero-order valence-electron chi connectivity index (χ0n) is 17.9. The highest BCUT2D eigenvalue weighted by atomic mass is 15.2. The Morgan fingerprint density at radius 1 is 0.871 bits per heavy atom. The largest absolute Gasteiger partial charge is 0.325 e. The zero-order valence-corrected chi connectivity index (χ0v) is 17.9. The van der Waals surface area contributed by atoms with E-state index in [0.29, 0.717) is 0 Å². The van der Waals surface area contributed by atoms with Gasteiger partial charge in [-0.3, -0.25) is 10.1 Å². The SMILES string of the molecule is CC.Cc1ccc2c(c1)N(c1ncnc3ccc(-c4cnc5cn[nH]c5c4)cc13)CC2. The van der Waals surface area contributed by atoms with E-state index < -0.39 is 0 Å². The molecular formula is C25H24N6. The van der Waals surface area contributed by atoms with Gasteiger partial charge in [-0.15, -0.1) is 0 Å². The van der Waals surface area contributed by atoms with Gasteiger partial charge in [0.1, 0.15) is 17.7 Å². The highest BCUT2D eigenvalue weighted by Crippen LogP contribution is 2.38. The number of hydrogen-bond donors (Lipinski definition) is 1. The van der Waals surface area contributed by atoms with E-state index in [1.807, 2.05) is 20.0 Å². The van der Waals surface area contributed by atoms with Gasteiger partial charge in [-0.2, -0.15) is 5.10 Å². The van der Waals surface area contributed by atoms with Crippen LogP contribution in [0.4, 0.5) is 11.5 Å². The molecule has 0 bridgehead atoms. The fourth-order valence-corrected chi connectivity index (χ4v) is 4.14. The van der Waals surface area contributed by atoms with Gasteiger partial charge in [-0.25, -0.2) is 9.97 Å². The van der Waals surface area contributed by atoms with Gasteiger partial charge >= 0.3 is 0 Å². The number of benzene rings is 2. The van der Waals surface area contributed by atoms with Crippen molar-refractivity contribution in [2.45, 2.75) is 27.2 Å². The molecule has 0 saturated heterocycles. The summed E-state index contributed by atoms with van der Waals surface area (Å²) in [5, 5.41) is 8.11. The molecule has 0 radical (unpaired) electrons. The summed E-state index contributed by atoms with van der Waals surface area (Å²) >= 11 is 0. The summed E-state index contributed by atoms with van der Waals surface area (Å²) in [7, 11) is 0. The van der Waals surface area contributed by atoms with Gasteiger partial charge in [0.2, 0.25) is 0 Å². The van der Waals surface area contributed by atoms with Crippen LogP contribution in [0.3, 0.4) is 0 Å². The summed E-state index contributed by atoms with van der Waals surface area (Å²) in [6.45, 7) is 7.06. The minimum absolute atomic E-state index is 0.864. The number of anilines is 2. The van der Waals surface area contributed by atoms with Gasteiger partial charge < -0.3 is 4.90 Å². The standard InChI is InChI=1S/C23H18N6.C2H6/c1-14-2-3-15-6-7-29(22(15)8-14)23-18-9-16(4-5-19(18)25-13-26-23)17-10-20-21(24-11-17)12-27-28-20;1-2/h2-5,8-13H,6-7H2,1H3,(H,27,28);1-2H3. The Balaban J connectivity index is 0.000000994. The number of nitrogens with zero attached hydrogens (tertiary/aromatic N) is 5. The number of hydrogen-bond acceptors (Lipinski definition) is 5. The second-order valence-electron chi connectivity index (χ2n) is 7.49.